The van der Waals surface area contributed by atoms with Crippen LogP contribution in [0.4, 0.5) is 50.3 Å². The Hall–Kier alpha value is -9.94. The average Bonchev–Trinajstić information content (AvgIpc) is 1.60. The Balaban J connectivity index is 0.000000211. The number of carbonyl (C=O) groups is 7. The number of piperidine rings is 2. The minimum atomic E-state index is -0.845. The molecule has 0 aliphatic carbocycles. The number of benzene rings is 4. The van der Waals surface area contributed by atoms with Gasteiger partial charge < -0.3 is 75.4 Å². The lowest BCUT2D eigenvalue weighted by Crippen LogP contribution is -2.57. The number of amides is 7. The first-order chi connectivity index (χ1) is 44.9. The van der Waals surface area contributed by atoms with Crippen molar-refractivity contribution in [1.82, 2.24) is 18.9 Å². The Morgan fingerprint density at radius 1 is 0.645 bits per heavy atom. The molecule has 11 rings (SSSR count). The number of anilines is 7. The molecule has 0 saturated carbocycles. The van der Waals surface area contributed by atoms with Gasteiger partial charge in [0.1, 0.15) is 29.5 Å². The van der Waals surface area contributed by atoms with Gasteiger partial charge in [0.2, 0.25) is 11.8 Å². The maximum Gasteiger partial charge on any atom is 0.416 e. The highest BCUT2D eigenvalue weighted by Gasteiger charge is 2.47. The van der Waals surface area contributed by atoms with E-state index in [1.165, 1.54) is 11.0 Å². The van der Waals surface area contributed by atoms with Crippen LogP contribution in [0.1, 0.15) is 136 Å². The third kappa shape index (κ3) is 16.4. The number of ether oxygens (including phenoxy) is 5. The van der Waals surface area contributed by atoms with Gasteiger partial charge in [-0.15, -0.1) is 0 Å². The van der Waals surface area contributed by atoms with Gasteiger partial charge in [-0.05, 0) is 168 Å². The third-order valence-electron chi connectivity index (χ3n) is 16.8. The molecule has 4 aromatic carbocycles. The number of rotatable bonds is 20. The van der Waals surface area contributed by atoms with Crippen LogP contribution in [-0.2, 0) is 37.9 Å². The number of carbonyl (C=O) groups excluding carboxylic acids is 7. The van der Waals surface area contributed by atoms with Gasteiger partial charge in [0.15, 0.2) is 12.5 Å². The zero-order chi connectivity index (χ0) is 65.7. The lowest BCUT2D eigenvalue weighted by atomic mass is 10.00. The van der Waals surface area contributed by atoms with E-state index in [2.05, 4.69) is 32.8 Å². The number of nitrogens with one attached hydrogen (secondary N) is 4. The smallest absolute Gasteiger partial charge is 0.416 e. The van der Waals surface area contributed by atoms with E-state index in [0.29, 0.717) is 131 Å². The Kier molecular flexibility index (Phi) is 21.6. The van der Waals surface area contributed by atoms with Crippen molar-refractivity contribution in [2.45, 2.75) is 122 Å². The fraction of sp³-hybridized carbons (Fsp3) is 0.391. The quantitative estimate of drug-likeness (QED) is 0.0235. The van der Waals surface area contributed by atoms with E-state index in [1.807, 2.05) is 42.0 Å². The topological polar surface area (TPSA) is 298 Å². The number of aliphatic imine (C=N–C) groups is 1. The Bertz CT molecular complexity index is 3760. The molecule has 7 amide bonds. The fourth-order valence-electron chi connectivity index (χ4n) is 12.0. The molecule has 5 aliphatic heterocycles. The molecule has 6 aromatic rings. The van der Waals surface area contributed by atoms with Crippen molar-refractivity contribution < 1.29 is 57.2 Å². The largest absolute Gasteiger partial charge is 0.493 e. The van der Waals surface area contributed by atoms with Crippen LogP contribution in [-0.4, -0.2) is 131 Å². The number of nitrogen functional groups attached to an aromatic ring is 2. The molecule has 0 radical (unpaired) electrons. The number of aromatic nitrogens is 2. The lowest BCUT2D eigenvalue weighted by molar-refractivity contribution is -0.198. The molecule has 3 saturated heterocycles. The minimum absolute atomic E-state index is 0.0158. The van der Waals surface area contributed by atoms with Gasteiger partial charge in [0.05, 0.1) is 59.2 Å². The van der Waals surface area contributed by atoms with Crippen molar-refractivity contribution in [2.24, 2.45) is 19.1 Å². The summed E-state index contributed by atoms with van der Waals surface area (Å²) in [5, 5.41) is 11.3. The first-order valence-electron chi connectivity index (χ1n) is 31.7. The predicted molar refractivity (Wildman–Crippen MR) is 356 cm³/mol. The van der Waals surface area contributed by atoms with E-state index in [4.69, 9.17) is 35.2 Å². The van der Waals surface area contributed by atoms with Crippen LogP contribution >= 0.6 is 0 Å². The van der Waals surface area contributed by atoms with Crippen molar-refractivity contribution in [3.8, 4) is 11.5 Å². The molecular weight excluding hydrogens is 1190 g/mol. The van der Waals surface area contributed by atoms with Crippen LogP contribution in [0.2, 0.25) is 0 Å². The summed E-state index contributed by atoms with van der Waals surface area (Å²) in [7, 11) is 3.47. The number of aryl methyl sites for hydroxylation is 4. The fourth-order valence-corrected chi connectivity index (χ4v) is 12.0. The van der Waals surface area contributed by atoms with E-state index in [0.717, 1.165) is 57.1 Å². The summed E-state index contributed by atoms with van der Waals surface area (Å²) in [4.78, 5) is 102. The Labute approximate surface area is 540 Å². The van der Waals surface area contributed by atoms with E-state index in [1.54, 1.807) is 108 Å². The van der Waals surface area contributed by atoms with Crippen LogP contribution in [0.3, 0.4) is 0 Å². The summed E-state index contributed by atoms with van der Waals surface area (Å²) < 4.78 is 33.5. The summed E-state index contributed by atoms with van der Waals surface area (Å²) >= 11 is 0. The van der Waals surface area contributed by atoms with Crippen molar-refractivity contribution in [3.63, 3.8) is 0 Å². The first kappa shape index (κ1) is 66.0. The monoisotopic (exact) mass is 1270 g/mol. The van der Waals surface area contributed by atoms with E-state index in [9.17, 15) is 33.6 Å². The molecular formula is C69H82N12O12. The molecule has 8 N–H and O–H groups in total. The summed E-state index contributed by atoms with van der Waals surface area (Å²) in [5.74, 6) is -0.0752. The average molecular weight is 1270 g/mol. The Morgan fingerprint density at radius 3 is 1.75 bits per heavy atom. The number of nitrogens with two attached hydrogens (primary N) is 2. The van der Waals surface area contributed by atoms with Gasteiger partial charge >= 0.3 is 6.09 Å². The summed E-state index contributed by atoms with van der Waals surface area (Å²) in [5.41, 5.74) is 19.1. The molecule has 2 aromatic heterocycles. The van der Waals surface area contributed by atoms with Crippen molar-refractivity contribution in [3.05, 3.63) is 144 Å². The van der Waals surface area contributed by atoms with Gasteiger partial charge in [-0.25, -0.2) is 9.69 Å². The number of fused-ring (bicyclic) bond motifs is 4. The van der Waals surface area contributed by atoms with Crippen LogP contribution < -0.4 is 47.1 Å². The molecule has 24 nitrogen and oxygen atoms in total. The van der Waals surface area contributed by atoms with Crippen molar-refractivity contribution in [1.29, 1.82) is 0 Å². The molecule has 490 valence electrons. The number of hydrogen-bond donors (Lipinski definition) is 6. The van der Waals surface area contributed by atoms with Gasteiger partial charge in [0.25, 0.3) is 23.6 Å². The second-order valence-electron chi connectivity index (χ2n) is 23.8. The molecule has 93 heavy (non-hydrogen) atoms. The molecule has 0 spiro atoms. The third-order valence-corrected chi connectivity index (χ3v) is 16.8. The van der Waals surface area contributed by atoms with Gasteiger partial charge in [-0.2, -0.15) is 0 Å². The molecule has 7 heterocycles. The van der Waals surface area contributed by atoms with Crippen LogP contribution in [0.5, 0.6) is 11.5 Å². The van der Waals surface area contributed by atoms with Crippen LogP contribution in [0, 0.1) is 13.8 Å². The SMILES string of the molecule is C=CCOC(=O)N1c2cc(OCCCC(=O)Nc3cc(C(=O)Nc4ccc(N)cc4)n(C)c3)c(C)cc2C(=O)N2CCCC[C@H]2C1OC1CCCCO1.Cc1cc2c(cc1OCCCC(=O)Nc1cc(C(=O)Nc3ccc(N)cc3)n(C)c1)N=C[C@@H]1CCCCN1C2=O. The second kappa shape index (κ2) is 30.5. The maximum atomic E-state index is 14.1. The zero-order valence-corrected chi connectivity index (χ0v) is 53.1. The molecule has 3 fully saturated rings. The predicted octanol–water partition coefficient (Wildman–Crippen LogP) is 10.6. The second-order valence-corrected chi connectivity index (χ2v) is 23.8. The van der Waals surface area contributed by atoms with Crippen LogP contribution in [0.15, 0.2) is 115 Å². The summed E-state index contributed by atoms with van der Waals surface area (Å²) in [6.07, 6.45) is 14.0. The minimum Gasteiger partial charge on any atom is -0.493 e. The highest BCUT2D eigenvalue weighted by Crippen LogP contribution is 2.41. The lowest BCUT2D eigenvalue weighted by Gasteiger charge is -2.42. The molecule has 5 aliphatic rings. The maximum absolute atomic E-state index is 14.1. The van der Waals surface area contributed by atoms with Crippen molar-refractivity contribution in [2.75, 3.05) is 77.2 Å². The van der Waals surface area contributed by atoms with E-state index in [-0.39, 0.29) is 67.5 Å². The van der Waals surface area contributed by atoms with Crippen LogP contribution in [0.25, 0.3) is 0 Å². The molecule has 2 unspecified atom stereocenters. The molecule has 4 atom stereocenters. The highest BCUT2D eigenvalue weighted by atomic mass is 16.7. The Morgan fingerprint density at radius 2 is 1.18 bits per heavy atom. The summed E-state index contributed by atoms with van der Waals surface area (Å²) in [6.45, 7) is 9.82. The van der Waals surface area contributed by atoms with Crippen molar-refractivity contribution >= 4 is 93.3 Å². The normalized spacial score (nSPS) is 18.2. The molecule has 0 bridgehead atoms. The molecule has 24 heteroatoms. The van der Waals surface area contributed by atoms with Gasteiger partial charge in [-0.1, -0.05) is 12.7 Å². The van der Waals surface area contributed by atoms with E-state index < -0.39 is 24.7 Å². The first-order valence-corrected chi connectivity index (χ1v) is 31.7. The standard InChI is InChI=1S/C39H48N6O8.C30H34N6O4/c1-4-18-52-39(49)45-31-23-33(25(2)21-29(31)37(48)44-17-7-5-10-30(44)38(45)53-35-12-6-8-19-51-35)50-20-9-11-34(46)41-28-22-32(43(3)24-28)36(47)42-27-15-13-26(40)14-16-27;1-19-14-24-25(32-17-23-6-3-4-12-36(23)30(24)39)16-27(19)40-13-5-7-28(37)33-22-15-26(35(2)18-22)29(38)34-21-10-8-20(31)9-11-21/h4,13-16,21-24,30,35,38H,1,5-12,17-20,40H2,2-3H3,(H,41,46)(H,42,47);8-11,14-18,23H,3-7,12-13,31H2,1-2H3,(H,33,37)(H,34,38)/t30-,35?,38?;23-/m00/s1. The number of hydrogen-bond acceptors (Lipinski definition) is 15. The number of nitrogens with zero attached hydrogens (tertiary/aromatic N) is 6. The highest BCUT2D eigenvalue weighted by molar-refractivity contribution is 6.07. The zero-order valence-electron chi connectivity index (χ0n) is 53.1. The van der Waals surface area contributed by atoms with Gasteiger partial charge in [0, 0.05) is 100 Å². The van der Waals surface area contributed by atoms with E-state index >= 15 is 0 Å². The summed E-state index contributed by atoms with van der Waals surface area (Å²) in [6, 6.07) is 23.7. The van der Waals surface area contributed by atoms with Gasteiger partial charge in [-0.3, -0.25) is 33.8 Å².